The molecule has 6 nitrogen and oxygen atoms in total. The normalized spacial score (nSPS) is 17.8. The number of carbonyl (C=O) groups is 1. The SMILES string of the molecule is NC(=O)CCN1CCN(S(=O)(=O)c2cccc(F)c2)CC1. The molecule has 0 atom stereocenters. The fraction of sp³-hybridized carbons (Fsp3) is 0.462. The lowest BCUT2D eigenvalue weighted by Gasteiger charge is -2.33. The van der Waals surface area contributed by atoms with Crippen molar-refractivity contribution in [3.8, 4) is 0 Å². The van der Waals surface area contributed by atoms with Crippen molar-refractivity contribution in [1.29, 1.82) is 0 Å². The Morgan fingerprint density at radius 2 is 1.90 bits per heavy atom. The highest BCUT2D eigenvalue weighted by Crippen LogP contribution is 2.18. The van der Waals surface area contributed by atoms with Gasteiger partial charge in [-0.3, -0.25) is 4.79 Å². The monoisotopic (exact) mass is 315 g/mol. The fourth-order valence-electron chi connectivity index (χ4n) is 2.24. The van der Waals surface area contributed by atoms with Crippen LogP contribution in [0.1, 0.15) is 6.42 Å². The molecule has 0 bridgehead atoms. The lowest BCUT2D eigenvalue weighted by Crippen LogP contribution is -2.49. The van der Waals surface area contributed by atoms with Gasteiger partial charge in [-0.1, -0.05) is 6.07 Å². The molecule has 0 saturated carbocycles. The molecule has 116 valence electrons. The molecule has 21 heavy (non-hydrogen) atoms. The number of halogens is 1. The molecule has 8 heteroatoms. The van der Waals surface area contributed by atoms with Crippen LogP contribution in [0.2, 0.25) is 0 Å². The van der Waals surface area contributed by atoms with Gasteiger partial charge in [0.15, 0.2) is 0 Å². The van der Waals surface area contributed by atoms with Gasteiger partial charge in [0.25, 0.3) is 0 Å². The summed E-state index contributed by atoms with van der Waals surface area (Å²) in [6, 6.07) is 5.00. The Morgan fingerprint density at radius 3 is 2.48 bits per heavy atom. The molecular formula is C13H18FN3O3S. The van der Waals surface area contributed by atoms with Crippen LogP contribution < -0.4 is 5.73 Å². The number of hydrogen-bond acceptors (Lipinski definition) is 4. The summed E-state index contributed by atoms with van der Waals surface area (Å²) in [7, 11) is -3.66. The van der Waals surface area contributed by atoms with Crippen LogP contribution in [0.25, 0.3) is 0 Å². The number of rotatable bonds is 5. The van der Waals surface area contributed by atoms with E-state index in [0.29, 0.717) is 32.7 Å². The molecule has 1 heterocycles. The largest absolute Gasteiger partial charge is 0.370 e. The molecule has 1 fully saturated rings. The predicted molar refractivity (Wildman–Crippen MR) is 75.4 cm³/mol. The van der Waals surface area contributed by atoms with Crippen molar-refractivity contribution in [3.63, 3.8) is 0 Å². The fourth-order valence-corrected chi connectivity index (χ4v) is 3.69. The van der Waals surface area contributed by atoms with Crippen LogP contribution in [0, 0.1) is 5.82 Å². The molecule has 2 N–H and O–H groups in total. The van der Waals surface area contributed by atoms with Gasteiger partial charge < -0.3 is 10.6 Å². The van der Waals surface area contributed by atoms with E-state index in [-0.39, 0.29) is 17.2 Å². The summed E-state index contributed by atoms with van der Waals surface area (Å²) in [5.41, 5.74) is 5.09. The standard InChI is InChI=1S/C13H18FN3O3S/c14-11-2-1-3-12(10-11)21(19,20)17-8-6-16(7-9-17)5-4-13(15)18/h1-3,10H,4-9H2,(H2,15,18). The van der Waals surface area contributed by atoms with E-state index < -0.39 is 15.8 Å². The Kier molecular flexibility index (Phi) is 4.92. The van der Waals surface area contributed by atoms with Crippen molar-refractivity contribution in [2.45, 2.75) is 11.3 Å². The lowest BCUT2D eigenvalue weighted by atomic mass is 10.3. The van der Waals surface area contributed by atoms with E-state index in [1.165, 1.54) is 22.5 Å². The van der Waals surface area contributed by atoms with Gasteiger partial charge in [0.2, 0.25) is 15.9 Å². The number of hydrogen-bond donors (Lipinski definition) is 1. The summed E-state index contributed by atoms with van der Waals surface area (Å²) < 4.78 is 39.3. The van der Waals surface area contributed by atoms with Crippen LogP contribution in [0.3, 0.4) is 0 Å². The van der Waals surface area contributed by atoms with E-state index in [1.54, 1.807) is 0 Å². The van der Waals surface area contributed by atoms with Crippen LogP contribution >= 0.6 is 0 Å². The topological polar surface area (TPSA) is 83.7 Å². The van der Waals surface area contributed by atoms with Crippen molar-refractivity contribution in [3.05, 3.63) is 30.1 Å². The van der Waals surface area contributed by atoms with Gasteiger partial charge in [-0.15, -0.1) is 0 Å². The van der Waals surface area contributed by atoms with Crippen LogP contribution in [0.5, 0.6) is 0 Å². The minimum atomic E-state index is -3.66. The highest BCUT2D eigenvalue weighted by molar-refractivity contribution is 7.89. The summed E-state index contributed by atoms with van der Waals surface area (Å²) in [5, 5.41) is 0. The van der Waals surface area contributed by atoms with Crippen LogP contribution in [0.15, 0.2) is 29.2 Å². The third-order valence-electron chi connectivity index (χ3n) is 3.44. The zero-order chi connectivity index (χ0) is 15.5. The van der Waals surface area contributed by atoms with E-state index in [2.05, 4.69) is 0 Å². The minimum absolute atomic E-state index is 0.0342. The molecule has 0 spiro atoms. The number of nitrogens with zero attached hydrogens (tertiary/aromatic N) is 2. The third kappa shape index (κ3) is 3.99. The first-order valence-electron chi connectivity index (χ1n) is 6.66. The highest BCUT2D eigenvalue weighted by atomic mass is 32.2. The van der Waals surface area contributed by atoms with Gasteiger partial charge in [0.05, 0.1) is 4.90 Å². The number of nitrogens with two attached hydrogens (primary N) is 1. The molecular weight excluding hydrogens is 297 g/mol. The zero-order valence-corrected chi connectivity index (χ0v) is 12.4. The Balaban J connectivity index is 1.99. The molecule has 1 aromatic carbocycles. The second kappa shape index (κ2) is 6.50. The molecule has 1 aliphatic rings. The average Bonchev–Trinajstić information content (AvgIpc) is 2.45. The van der Waals surface area contributed by atoms with E-state index in [4.69, 9.17) is 5.73 Å². The molecule has 1 saturated heterocycles. The number of carbonyl (C=O) groups excluding carboxylic acids is 1. The second-order valence-electron chi connectivity index (χ2n) is 4.92. The molecule has 1 aliphatic heterocycles. The summed E-state index contributed by atoms with van der Waals surface area (Å²) in [4.78, 5) is 12.7. The summed E-state index contributed by atoms with van der Waals surface area (Å²) in [6.45, 7) is 2.22. The summed E-state index contributed by atoms with van der Waals surface area (Å²) >= 11 is 0. The van der Waals surface area contributed by atoms with E-state index >= 15 is 0 Å². The average molecular weight is 315 g/mol. The predicted octanol–water partition coefficient (Wildman–Crippen LogP) is 0.00740. The Bertz CT molecular complexity index is 613. The minimum Gasteiger partial charge on any atom is -0.370 e. The number of primary amides is 1. The maximum absolute atomic E-state index is 13.2. The van der Waals surface area contributed by atoms with Crippen LogP contribution in [-0.2, 0) is 14.8 Å². The molecule has 1 aromatic rings. The maximum atomic E-state index is 13.2. The van der Waals surface area contributed by atoms with Gasteiger partial charge in [-0.05, 0) is 18.2 Å². The highest BCUT2D eigenvalue weighted by Gasteiger charge is 2.28. The van der Waals surface area contributed by atoms with Crippen molar-refractivity contribution < 1.29 is 17.6 Å². The number of amides is 1. The Hall–Kier alpha value is -1.51. The maximum Gasteiger partial charge on any atom is 0.243 e. The van der Waals surface area contributed by atoms with E-state index in [1.807, 2.05) is 4.90 Å². The summed E-state index contributed by atoms with van der Waals surface area (Å²) in [5.74, 6) is -0.944. The second-order valence-corrected chi connectivity index (χ2v) is 6.86. The van der Waals surface area contributed by atoms with Crippen molar-refractivity contribution in [2.24, 2.45) is 5.73 Å². The number of benzene rings is 1. The van der Waals surface area contributed by atoms with E-state index in [0.717, 1.165) is 6.07 Å². The van der Waals surface area contributed by atoms with Gasteiger partial charge in [0.1, 0.15) is 5.82 Å². The van der Waals surface area contributed by atoms with Gasteiger partial charge in [-0.2, -0.15) is 4.31 Å². The molecule has 0 aliphatic carbocycles. The van der Waals surface area contributed by atoms with Crippen molar-refractivity contribution >= 4 is 15.9 Å². The number of piperazine rings is 1. The molecule has 0 radical (unpaired) electrons. The molecule has 2 rings (SSSR count). The quantitative estimate of drug-likeness (QED) is 0.829. The third-order valence-corrected chi connectivity index (χ3v) is 5.33. The van der Waals surface area contributed by atoms with E-state index in [9.17, 15) is 17.6 Å². The van der Waals surface area contributed by atoms with Gasteiger partial charge >= 0.3 is 0 Å². The first kappa shape index (κ1) is 15.9. The zero-order valence-electron chi connectivity index (χ0n) is 11.5. The molecule has 1 amide bonds. The molecule has 0 aromatic heterocycles. The number of sulfonamides is 1. The van der Waals surface area contributed by atoms with Gasteiger partial charge in [-0.25, -0.2) is 12.8 Å². The summed E-state index contributed by atoms with van der Waals surface area (Å²) in [6.07, 6.45) is 0.261. The Labute approximate surface area is 123 Å². The van der Waals surface area contributed by atoms with Crippen LogP contribution in [0.4, 0.5) is 4.39 Å². The van der Waals surface area contributed by atoms with Gasteiger partial charge in [0, 0.05) is 39.1 Å². The first-order chi connectivity index (χ1) is 9.89. The first-order valence-corrected chi connectivity index (χ1v) is 8.10. The van der Waals surface area contributed by atoms with Crippen molar-refractivity contribution in [1.82, 2.24) is 9.21 Å². The smallest absolute Gasteiger partial charge is 0.243 e. The van der Waals surface area contributed by atoms with Crippen molar-refractivity contribution in [2.75, 3.05) is 32.7 Å². The molecule has 0 unspecified atom stereocenters. The lowest BCUT2D eigenvalue weighted by molar-refractivity contribution is -0.118. The Morgan fingerprint density at radius 1 is 1.24 bits per heavy atom. The van der Waals surface area contributed by atoms with Crippen LogP contribution in [-0.4, -0.2) is 56.3 Å².